The number of rotatable bonds is 3. The van der Waals surface area contributed by atoms with Crippen LogP contribution in [0.3, 0.4) is 0 Å². The molecule has 0 bridgehead atoms. The van der Waals surface area contributed by atoms with Gasteiger partial charge in [0, 0.05) is 29.5 Å². The van der Waals surface area contributed by atoms with Crippen molar-refractivity contribution >= 4 is 23.2 Å². The standard InChI is InChI=1S/C13H15ClN4O/c1-8-10(14)4-3-5-11(8)17-13(19)12(15)9-6-16-18(2)7-9/h3-7,12H,15H2,1-2H3,(H,17,19). The summed E-state index contributed by atoms with van der Waals surface area (Å²) in [5.74, 6) is -0.293. The minimum absolute atomic E-state index is 0.293. The third-order valence-corrected chi connectivity index (χ3v) is 3.30. The highest BCUT2D eigenvalue weighted by atomic mass is 35.5. The lowest BCUT2D eigenvalue weighted by molar-refractivity contribution is -0.117. The molecule has 1 amide bonds. The first kappa shape index (κ1) is 13.6. The van der Waals surface area contributed by atoms with Crippen LogP contribution < -0.4 is 11.1 Å². The summed E-state index contributed by atoms with van der Waals surface area (Å²) in [5.41, 5.74) is 8.04. The molecule has 100 valence electrons. The quantitative estimate of drug-likeness (QED) is 0.902. The number of nitrogens with zero attached hydrogens (tertiary/aromatic N) is 2. The number of benzene rings is 1. The Bertz CT molecular complexity index is 608. The van der Waals surface area contributed by atoms with E-state index in [0.717, 1.165) is 5.56 Å². The van der Waals surface area contributed by atoms with E-state index in [1.165, 1.54) is 0 Å². The largest absolute Gasteiger partial charge is 0.324 e. The van der Waals surface area contributed by atoms with Crippen LogP contribution in [0.4, 0.5) is 5.69 Å². The number of hydrogen-bond donors (Lipinski definition) is 2. The number of carbonyl (C=O) groups is 1. The molecule has 1 aromatic carbocycles. The van der Waals surface area contributed by atoms with Gasteiger partial charge in [-0.15, -0.1) is 0 Å². The number of aromatic nitrogens is 2. The average molecular weight is 279 g/mol. The predicted molar refractivity (Wildman–Crippen MR) is 75.0 cm³/mol. The minimum Gasteiger partial charge on any atom is -0.324 e. The molecule has 0 aliphatic carbocycles. The zero-order valence-electron chi connectivity index (χ0n) is 10.7. The van der Waals surface area contributed by atoms with Gasteiger partial charge in [0.2, 0.25) is 5.91 Å². The van der Waals surface area contributed by atoms with Crippen LogP contribution in [-0.2, 0) is 11.8 Å². The Hall–Kier alpha value is -1.85. The summed E-state index contributed by atoms with van der Waals surface area (Å²) >= 11 is 6.00. The molecule has 1 heterocycles. The van der Waals surface area contributed by atoms with E-state index in [1.807, 2.05) is 6.92 Å². The first-order valence-corrected chi connectivity index (χ1v) is 6.17. The Balaban J connectivity index is 2.15. The SMILES string of the molecule is Cc1c(Cl)cccc1NC(=O)C(N)c1cnn(C)c1. The second kappa shape index (κ2) is 5.42. The number of halogens is 1. The van der Waals surface area contributed by atoms with Crippen molar-refractivity contribution in [1.82, 2.24) is 9.78 Å². The fourth-order valence-electron chi connectivity index (χ4n) is 1.71. The summed E-state index contributed by atoms with van der Waals surface area (Å²) in [5, 5.41) is 7.37. The molecule has 0 spiro atoms. The number of anilines is 1. The van der Waals surface area contributed by atoms with E-state index in [1.54, 1.807) is 42.3 Å². The third-order valence-electron chi connectivity index (χ3n) is 2.89. The van der Waals surface area contributed by atoms with Crippen LogP contribution in [0.25, 0.3) is 0 Å². The van der Waals surface area contributed by atoms with Gasteiger partial charge in [-0.2, -0.15) is 5.10 Å². The Kier molecular flexibility index (Phi) is 3.87. The highest BCUT2D eigenvalue weighted by Gasteiger charge is 2.18. The number of nitrogens with one attached hydrogen (secondary N) is 1. The maximum Gasteiger partial charge on any atom is 0.246 e. The van der Waals surface area contributed by atoms with Gasteiger partial charge in [0.1, 0.15) is 6.04 Å². The molecule has 6 heteroatoms. The lowest BCUT2D eigenvalue weighted by atomic mass is 10.1. The Morgan fingerprint density at radius 2 is 2.26 bits per heavy atom. The van der Waals surface area contributed by atoms with Crippen LogP contribution in [0.5, 0.6) is 0 Å². The molecule has 19 heavy (non-hydrogen) atoms. The maximum atomic E-state index is 12.1. The van der Waals surface area contributed by atoms with E-state index in [-0.39, 0.29) is 5.91 Å². The molecular formula is C13H15ClN4O. The smallest absolute Gasteiger partial charge is 0.246 e. The maximum absolute atomic E-state index is 12.1. The van der Waals surface area contributed by atoms with Crippen molar-refractivity contribution in [2.75, 3.05) is 5.32 Å². The van der Waals surface area contributed by atoms with Gasteiger partial charge in [-0.25, -0.2) is 0 Å². The van der Waals surface area contributed by atoms with Gasteiger partial charge in [-0.05, 0) is 24.6 Å². The number of nitrogens with two attached hydrogens (primary N) is 1. The summed E-state index contributed by atoms with van der Waals surface area (Å²) in [6.45, 7) is 1.84. The number of amides is 1. The van der Waals surface area contributed by atoms with Crippen molar-refractivity contribution in [3.63, 3.8) is 0 Å². The van der Waals surface area contributed by atoms with Crippen molar-refractivity contribution in [2.45, 2.75) is 13.0 Å². The van der Waals surface area contributed by atoms with Crippen molar-refractivity contribution in [3.05, 3.63) is 46.7 Å². The molecular weight excluding hydrogens is 264 g/mol. The number of aryl methyl sites for hydroxylation is 1. The molecule has 1 unspecified atom stereocenters. The van der Waals surface area contributed by atoms with Gasteiger partial charge in [0.15, 0.2) is 0 Å². The van der Waals surface area contributed by atoms with Crippen molar-refractivity contribution in [3.8, 4) is 0 Å². The molecule has 0 saturated heterocycles. The average Bonchev–Trinajstić information content (AvgIpc) is 2.80. The molecule has 1 atom stereocenters. The Morgan fingerprint density at radius 1 is 1.53 bits per heavy atom. The van der Waals surface area contributed by atoms with E-state index in [0.29, 0.717) is 16.3 Å². The van der Waals surface area contributed by atoms with Gasteiger partial charge < -0.3 is 11.1 Å². The van der Waals surface area contributed by atoms with Gasteiger partial charge in [0.05, 0.1) is 6.20 Å². The van der Waals surface area contributed by atoms with E-state index in [9.17, 15) is 4.79 Å². The van der Waals surface area contributed by atoms with Gasteiger partial charge >= 0.3 is 0 Å². The Morgan fingerprint density at radius 3 is 2.89 bits per heavy atom. The minimum atomic E-state index is -0.757. The summed E-state index contributed by atoms with van der Waals surface area (Å²) in [6, 6.07) is 4.58. The Labute approximate surface area is 116 Å². The normalized spacial score (nSPS) is 12.2. The van der Waals surface area contributed by atoms with Gasteiger partial charge in [0.25, 0.3) is 0 Å². The van der Waals surface area contributed by atoms with Crippen LogP contribution in [0.2, 0.25) is 5.02 Å². The van der Waals surface area contributed by atoms with Crippen LogP contribution >= 0.6 is 11.6 Å². The highest BCUT2D eigenvalue weighted by molar-refractivity contribution is 6.31. The number of carbonyl (C=O) groups excluding carboxylic acids is 1. The lowest BCUT2D eigenvalue weighted by Gasteiger charge is -2.13. The predicted octanol–water partition coefficient (Wildman–Crippen LogP) is 2.02. The van der Waals surface area contributed by atoms with Gasteiger partial charge in [-0.1, -0.05) is 17.7 Å². The van der Waals surface area contributed by atoms with Crippen molar-refractivity contribution < 1.29 is 4.79 Å². The highest BCUT2D eigenvalue weighted by Crippen LogP contribution is 2.23. The molecule has 0 aliphatic heterocycles. The molecule has 0 aliphatic rings. The fourth-order valence-corrected chi connectivity index (χ4v) is 1.88. The second-order valence-electron chi connectivity index (χ2n) is 4.33. The van der Waals surface area contributed by atoms with E-state index in [2.05, 4.69) is 10.4 Å². The molecule has 0 radical (unpaired) electrons. The van der Waals surface area contributed by atoms with E-state index < -0.39 is 6.04 Å². The molecule has 2 rings (SSSR count). The molecule has 3 N–H and O–H groups in total. The molecule has 0 fully saturated rings. The van der Waals surface area contributed by atoms with Crippen LogP contribution in [0.15, 0.2) is 30.6 Å². The summed E-state index contributed by atoms with van der Waals surface area (Å²) < 4.78 is 1.60. The monoisotopic (exact) mass is 278 g/mol. The zero-order chi connectivity index (χ0) is 14.0. The lowest BCUT2D eigenvalue weighted by Crippen LogP contribution is -2.27. The van der Waals surface area contributed by atoms with Gasteiger partial charge in [-0.3, -0.25) is 9.48 Å². The van der Waals surface area contributed by atoms with Crippen molar-refractivity contribution in [2.24, 2.45) is 12.8 Å². The molecule has 1 aromatic heterocycles. The topological polar surface area (TPSA) is 72.9 Å². The van der Waals surface area contributed by atoms with Crippen LogP contribution in [0, 0.1) is 6.92 Å². The van der Waals surface area contributed by atoms with E-state index >= 15 is 0 Å². The fraction of sp³-hybridized carbons (Fsp3) is 0.231. The molecule has 0 saturated carbocycles. The third kappa shape index (κ3) is 2.94. The van der Waals surface area contributed by atoms with Crippen molar-refractivity contribution in [1.29, 1.82) is 0 Å². The van der Waals surface area contributed by atoms with E-state index in [4.69, 9.17) is 17.3 Å². The first-order chi connectivity index (χ1) is 8.99. The zero-order valence-corrected chi connectivity index (χ0v) is 11.5. The summed E-state index contributed by atoms with van der Waals surface area (Å²) in [7, 11) is 1.77. The number of hydrogen-bond acceptors (Lipinski definition) is 3. The van der Waals surface area contributed by atoms with Crippen LogP contribution in [-0.4, -0.2) is 15.7 Å². The molecule has 5 nitrogen and oxygen atoms in total. The summed E-state index contributed by atoms with van der Waals surface area (Å²) in [4.78, 5) is 12.1. The summed E-state index contributed by atoms with van der Waals surface area (Å²) in [6.07, 6.45) is 3.30. The van der Waals surface area contributed by atoms with Crippen LogP contribution in [0.1, 0.15) is 17.2 Å². The first-order valence-electron chi connectivity index (χ1n) is 5.79. The molecule has 2 aromatic rings. The second-order valence-corrected chi connectivity index (χ2v) is 4.73.